The number of carbonyl (C=O) groups excluding carboxylic acids is 1. The molecular formula is C14H16F3N3OS. The molecule has 1 saturated heterocycles. The lowest BCUT2D eigenvalue weighted by Crippen LogP contribution is -2.25. The largest absolute Gasteiger partial charge is 0.418 e. The molecule has 1 N–H and O–H groups in total. The van der Waals surface area contributed by atoms with E-state index in [9.17, 15) is 18.0 Å². The first kappa shape index (κ1) is 16.7. The van der Waals surface area contributed by atoms with Gasteiger partial charge in [-0.25, -0.2) is 4.79 Å². The number of amides is 2. The van der Waals surface area contributed by atoms with E-state index in [1.807, 2.05) is 11.8 Å². The third-order valence-electron chi connectivity index (χ3n) is 3.25. The predicted molar refractivity (Wildman–Crippen MR) is 82.3 cm³/mol. The highest BCUT2D eigenvalue weighted by atomic mass is 32.2. The van der Waals surface area contributed by atoms with Crippen LogP contribution < -0.4 is 5.32 Å². The zero-order valence-corrected chi connectivity index (χ0v) is 13.0. The highest BCUT2D eigenvalue weighted by Crippen LogP contribution is 2.36. The van der Waals surface area contributed by atoms with Crippen molar-refractivity contribution in [1.82, 2.24) is 4.90 Å². The monoisotopic (exact) mass is 331 g/mol. The summed E-state index contributed by atoms with van der Waals surface area (Å²) in [4.78, 5) is 17.7. The second kappa shape index (κ2) is 6.60. The normalized spacial score (nSPS) is 17.1. The van der Waals surface area contributed by atoms with Crippen molar-refractivity contribution in [3.8, 4) is 0 Å². The summed E-state index contributed by atoms with van der Waals surface area (Å²) in [7, 11) is 0. The van der Waals surface area contributed by atoms with E-state index in [-0.39, 0.29) is 5.69 Å². The van der Waals surface area contributed by atoms with Gasteiger partial charge in [-0.05, 0) is 25.5 Å². The number of carbonyl (C=O) groups is 1. The van der Waals surface area contributed by atoms with E-state index in [0.717, 1.165) is 18.4 Å². The van der Waals surface area contributed by atoms with Crippen molar-refractivity contribution < 1.29 is 18.0 Å². The quantitative estimate of drug-likeness (QED) is 0.892. The molecule has 0 atom stereocenters. The van der Waals surface area contributed by atoms with Gasteiger partial charge in [-0.15, -0.1) is 0 Å². The van der Waals surface area contributed by atoms with Crippen LogP contribution in [0.4, 0.5) is 23.7 Å². The molecule has 0 bridgehead atoms. The number of anilines is 1. The summed E-state index contributed by atoms with van der Waals surface area (Å²) in [5.74, 6) is 0.818. The number of hydrogen-bond acceptors (Lipinski definition) is 2. The maximum absolute atomic E-state index is 13.0. The number of hydrogen-bond donors (Lipinski definition) is 1. The molecule has 1 aromatic carbocycles. The average Bonchev–Trinajstić information content (AvgIpc) is 2.86. The number of nitrogens with zero attached hydrogens (tertiary/aromatic N) is 2. The van der Waals surface area contributed by atoms with E-state index in [0.29, 0.717) is 17.3 Å². The molecule has 0 saturated carbocycles. The number of aliphatic imine (C=N–C) groups is 1. The van der Waals surface area contributed by atoms with Crippen LogP contribution in [0.15, 0.2) is 23.2 Å². The van der Waals surface area contributed by atoms with Crippen LogP contribution in [0.5, 0.6) is 0 Å². The first-order valence-corrected chi connectivity index (χ1v) is 7.75. The Morgan fingerprint density at radius 3 is 2.82 bits per heavy atom. The zero-order valence-electron chi connectivity index (χ0n) is 12.2. The molecule has 22 heavy (non-hydrogen) atoms. The second-order valence-electron chi connectivity index (χ2n) is 4.75. The zero-order chi connectivity index (χ0) is 16.3. The number of benzene rings is 1. The van der Waals surface area contributed by atoms with Crippen molar-refractivity contribution in [2.75, 3.05) is 24.2 Å². The van der Waals surface area contributed by atoms with Gasteiger partial charge in [0.15, 0.2) is 5.17 Å². The van der Waals surface area contributed by atoms with E-state index < -0.39 is 17.8 Å². The van der Waals surface area contributed by atoms with Gasteiger partial charge >= 0.3 is 12.2 Å². The molecule has 1 aromatic rings. The van der Waals surface area contributed by atoms with Crippen molar-refractivity contribution in [2.24, 2.45) is 4.99 Å². The van der Waals surface area contributed by atoms with Crippen LogP contribution >= 0.6 is 11.8 Å². The summed E-state index contributed by atoms with van der Waals surface area (Å²) in [6, 6.07) is 2.98. The summed E-state index contributed by atoms with van der Waals surface area (Å²) in [6.07, 6.45) is -4.53. The Balaban J connectivity index is 2.24. The van der Waals surface area contributed by atoms with Gasteiger partial charge in [-0.3, -0.25) is 0 Å². The van der Waals surface area contributed by atoms with Gasteiger partial charge in [0.25, 0.3) is 0 Å². The fourth-order valence-electron chi connectivity index (χ4n) is 2.12. The minimum atomic E-state index is -4.53. The molecule has 1 aliphatic heterocycles. The Morgan fingerprint density at radius 1 is 1.45 bits per heavy atom. The molecule has 0 radical (unpaired) electrons. The summed E-state index contributed by atoms with van der Waals surface area (Å²) in [5, 5.41) is 2.81. The lowest BCUT2D eigenvalue weighted by molar-refractivity contribution is -0.136. The van der Waals surface area contributed by atoms with Crippen LogP contribution in [0.3, 0.4) is 0 Å². The minimum Gasteiger partial charge on any atom is -0.350 e. The third-order valence-corrected chi connectivity index (χ3v) is 4.25. The first-order valence-electron chi connectivity index (χ1n) is 6.77. The van der Waals surface area contributed by atoms with Crippen LogP contribution in [-0.4, -0.2) is 34.9 Å². The van der Waals surface area contributed by atoms with Gasteiger partial charge < -0.3 is 10.2 Å². The van der Waals surface area contributed by atoms with Crippen LogP contribution in [0.2, 0.25) is 0 Å². The van der Waals surface area contributed by atoms with Crippen molar-refractivity contribution in [2.45, 2.75) is 20.0 Å². The SMILES string of the molecule is CCN1CCSC1=NC(=O)Nc1c(C)cccc1C(F)(F)F. The van der Waals surface area contributed by atoms with E-state index >= 15 is 0 Å². The topological polar surface area (TPSA) is 44.7 Å². The number of aryl methyl sites for hydroxylation is 1. The third kappa shape index (κ3) is 3.73. The fraction of sp³-hybridized carbons (Fsp3) is 0.429. The fourth-order valence-corrected chi connectivity index (χ4v) is 3.17. The Morgan fingerprint density at radius 2 is 2.18 bits per heavy atom. The molecule has 1 aliphatic rings. The van der Waals surface area contributed by atoms with Gasteiger partial charge in [0, 0.05) is 18.8 Å². The van der Waals surface area contributed by atoms with E-state index in [1.54, 1.807) is 0 Å². The molecule has 0 unspecified atom stereocenters. The molecule has 4 nitrogen and oxygen atoms in total. The first-order chi connectivity index (χ1) is 10.3. The predicted octanol–water partition coefficient (Wildman–Crippen LogP) is 3.97. The highest BCUT2D eigenvalue weighted by molar-refractivity contribution is 8.14. The molecule has 2 amide bonds. The van der Waals surface area contributed by atoms with E-state index in [2.05, 4.69) is 10.3 Å². The number of para-hydroxylation sites is 1. The van der Waals surface area contributed by atoms with Crippen molar-refractivity contribution in [3.63, 3.8) is 0 Å². The van der Waals surface area contributed by atoms with Crippen molar-refractivity contribution >= 4 is 28.6 Å². The molecule has 0 aromatic heterocycles. The molecular weight excluding hydrogens is 315 g/mol. The van der Waals surface area contributed by atoms with Crippen LogP contribution in [0, 0.1) is 6.92 Å². The standard InChI is InChI=1S/C14H16F3N3OS/c1-3-20-7-8-22-13(20)19-12(21)18-11-9(2)5-4-6-10(11)14(15,16)17/h4-6H,3,7-8H2,1-2H3,(H,18,21). The Hall–Kier alpha value is -1.70. The number of thioether (sulfide) groups is 1. The van der Waals surface area contributed by atoms with Crippen LogP contribution in [-0.2, 0) is 6.18 Å². The average molecular weight is 331 g/mol. The minimum absolute atomic E-state index is 0.240. The Labute approximate surface area is 130 Å². The molecule has 0 aliphatic carbocycles. The number of alkyl halides is 3. The maximum Gasteiger partial charge on any atom is 0.418 e. The van der Waals surface area contributed by atoms with Gasteiger partial charge in [-0.1, -0.05) is 23.9 Å². The maximum atomic E-state index is 13.0. The van der Waals surface area contributed by atoms with E-state index in [4.69, 9.17) is 0 Å². The molecule has 8 heteroatoms. The number of urea groups is 1. The summed E-state index contributed by atoms with van der Waals surface area (Å²) in [5.41, 5.74) is -0.766. The molecule has 2 rings (SSSR count). The number of amidine groups is 1. The van der Waals surface area contributed by atoms with Gasteiger partial charge in [-0.2, -0.15) is 18.2 Å². The summed E-state index contributed by atoms with van der Waals surface area (Å²) >= 11 is 1.42. The van der Waals surface area contributed by atoms with Crippen LogP contribution in [0.25, 0.3) is 0 Å². The lowest BCUT2D eigenvalue weighted by Gasteiger charge is -2.16. The Kier molecular flexibility index (Phi) is 5.00. The highest BCUT2D eigenvalue weighted by Gasteiger charge is 2.34. The number of nitrogens with one attached hydrogen (secondary N) is 1. The summed E-state index contributed by atoms with van der Waals surface area (Å²) < 4.78 is 39.0. The summed E-state index contributed by atoms with van der Waals surface area (Å²) in [6.45, 7) is 4.94. The van der Waals surface area contributed by atoms with Crippen molar-refractivity contribution in [1.29, 1.82) is 0 Å². The van der Waals surface area contributed by atoms with Crippen LogP contribution in [0.1, 0.15) is 18.1 Å². The van der Waals surface area contributed by atoms with Gasteiger partial charge in [0.05, 0.1) is 11.3 Å². The second-order valence-corrected chi connectivity index (χ2v) is 5.81. The van der Waals surface area contributed by atoms with E-state index in [1.165, 1.54) is 30.8 Å². The molecule has 1 fully saturated rings. The molecule has 120 valence electrons. The lowest BCUT2D eigenvalue weighted by atomic mass is 10.1. The Bertz CT molecular complexity index is 601. The molecule has 1 heterocycles. The number of rotatable bonds is 2. The smallest absolute Gasteiger partial charge is 0.350 e. The molecule has 0 spiro atoms. The van der Waals surface area contributed by atoms with Gasteiger partial charge in [0.2, 0.25) is 0 Å². The number of halogens is 3. The van der Waals surface area contributed by atoms with Gasteiger partial charge in [0.1, 0.15) is 0 Å². The van der Waals surface area contributed by atoms with Crippen molar-refractivity contribution in [3.05, 3.63) is 29.3 Å².